The average molecular weight is 371 g/mol. The predicted molar refractivity (Wildman–Crippen MR) is 87.5 cm³/mol. The van der Waals surface area contributed by atoms with Crippen LogP contribution in [0.3, 0.4) is 0 Å². The van der Waals surface area contributed by atoms with Gasteiger partial charge in [0.1, 0.15) is 11.6 Å². The molecule has 2 amide bonds. The number of amides is 2. The monoisotopic (exact) mass is 371 g/mol. The second kappa shape index (κ2) is 6.98. The van der Waals surface area contributed by atoms with Crippen molar-refractivity contribution < 1.29 is 27.0 Å². The summed E-state index contributed by atoms with van der Waals surface area (Å²) < 4.78 is 34.3. The molecule has 0 saturated carbocycles. The summed E-state index contributed by atoms with van der Waals surface area (Å²) in [4.78, 5) is 23.5. The summed E-state index contributed by atoms with van der Waals surface area (Å²) in [5, 5.41) is 3.12. The van der Waals surface area contributed by atoms with E-state index in [0.29, 0.717) is 0 Å². The van der Waals surface area contributed by atoms with Crippen molar-refractivity contribution in [3.8, 4) is 0 Å². The summed E-state index contributed by atoms with van der Waals surface area (Å²) >= 11 is 0. The highest BCUT2D eigenvalue weighted by atomic mass is 32.2. The van der Waals surface area contributed by atoms with Gasteiger partial charge in [-0.25, -0.2) is 4.79 Å². The Morgan fingerprint density at radius 2 is 1.88 bits per heavy atom. The van der Waals surface area contributed by atoms with Crippen molar-refractivity contribution in [3.05, 3.63) is 29.8 Å². The van der Waals surface area contributed by atoms with Crippen molar-refractivity contribution in [2.45, 2.75) is 44.2 Å². The lowest BCUT2D eigenvalue weighted by atomic mass is 10.2. The molecule has 25 heavy (non-hydrogen) atoms. The van der Waals surface area contributed by atoms with Crippen LogP contribution in [0.2, 0.25) is 0 Å². The lowest BCUT2D eigenvalue weighted by molar-refractivity contribution is -0.130. The molecule has 1 heterocycles. The molecule has 0 unspecified atom stereocenters. The van der Waals surface area contributed by atoms with Gasteiger partial charge in [0.2, 0.25) is 0 Å². The summed E-state index contributed by atoms with van der Waals surface area (Å²) in [6, 6.07) is 5.07. The van der Waals surface area contributed by atoms with Gasteiger partial charge in [-0.2, -0.15) is 12.7 Å². The standard InChI is InChI=1S/C15H21N3O6S/c1-10-5-7-11(8-6-10)25(21,22)24-18-9-12(13(19)17-18)16-14(20)23-15(2,3)4/h5-8,12H,9H2,1-4H3,(H,16,20)(H,17,19)/t12-/m0/s1. The molecular weight excluding hydrogens is 350 g/mol. The molecule has 1 atom stereocenters. The van der Waals surface area contributed by atoms with Crippen LogP contribution in [0, 0.1) is 6.92 Å². The molecule has 0 radical (unpaired) electrons. The van der Waals surface area contributed by atoms with Crippen LogP contribution in [0.5, 0.6) is 0 Å². The first-order valence-corrected chi connectivity index (χ1v) is 8.96. The molecule has 2 N–H and O–H groups in total. The second-order valence-corrected chi connectivity index (χ2v) is 8.11. The number of carbonyl (C=O) groups excluding carboxylic acids is 2. The first-order valence-electron chi connectivity index (χ1n) is 7.55. The van der Waals surface area contributed by atoms with E-state index in [1.165, 1.54) is 12.1 Å². The highest BCUT2D eigenvalue weighted by Gasteiger charge is 2.36. The number of hydrogen-bond donors (Lipinski definition) is 2. The summed E-state index contributed by atoms with van der Waals surface area (Å²) in [5.41, 5.74) is 2.41. The van der Waals surface area contributed by atoms with Crippen LogP contribution >= 0.6 is 0 Å². The third-order valence-corrected chi connectivity index (χ3v) is 4.31. The molecule has 1 aliphatic heterocycles. The molecule has 1 saturated heterocycles. The van der Waals surface area contributed by atoms with Crippen molar-refractivity contribution in [1.82, 2.24) is 15.9 Å². The number of alkyl carbamates (subject to hydrolysis) is 1. The van der Waals surface area contributed by atoms with E-state index in [9.17, 15) is 18.0 Å². The van der Waals surface area contributed by atoms with Crippen LogP contribution in [0.25, 0.3) is 0 Å². The van der Waals surface area contributed by atoms with Gasteiger partial charge in [0.25, 0.3) is 5.91 Å². The summed E-state index contributed by atoms with van der Waals surface area (Å²) in [6.07, 6.45) is -0.782. The zero-order valence-electron chi connectivity index (χ0n) is 14.4. The van der Waals surface area contributed by atoms with Crippen molar-refractivity contribution in [2.75, 3.05) is 6.54 Å². The SMILES string of the molecule is Cc1ccc(S(=O)(=O)ON2C[C@H](NC(=O)OC(C)(C)C)C(=O)N2)cc1. The van der Waals surface area contributed by atoms with Gasteiger partial charge in [0, 0.05) is 0 Å². The number of carbonyl (C=O) groups is 2. The molecular formula is C15H21N3O6S. The van der Waals surface area contributed by atoms with Gasteiger partial charge >= 0.3 is 16.2 Å². The van der Waals surface area contributed by atoms with Gasteiger partial charge in [0.05, 0.1) is 11.4 Å². The Morgan fingerprint density at radius 1 is 1.28 bits per heavy atom. The van der Waals surface area contributed by atoms with E-state index in [4.69, 9.17) is 9.02 Å². The lowest BCUT2D eigenvalue weighted by Crippen LogP contribution is -2.44. The Balaban J connectivity index is 1.98. The van der Waals surface area contributed by atoms with Crippen LogP contribution < -0.4 is 10.7 Å². The number of nitrogens with one attached hydrogen (secondary N) is 2. The molecule has 1 aromatic rings. The fourth-order valence-corrected chi connectivity index (χ4v) is 2.86. The van der Waals surface area contributed by atoms with Crippen molar-refractivity contribution in [3.63, 3.8) is 0 Å². The first kappa shape index (κ1) is 19.2. The number of hydrogen-bond acceptors (Lipinski definition) is 7. The Labute approximate surface area is 146 Å². The van der Waals surface area contributed by atoms with Gasteiger partial charge in [-0.15, -0.1) is 0 Å². The maximum atomic E-state index is 12.2. The van der Waals surface area contributed by atoms with Crippen LogP contribution in [-0.2, 0) is 23.9 Å². The van der Waals surface area contributed by atoms with Crippen LogP contribution in [-0.4, -0.2) is 43.8 Å². The quantitative estimate of drug-likeness (QED) is 0.806. The molecule has 10 heteroatoms. The number of hydroxylamine groups is 1. The molecule has 2 rings (SSSR count). The van der Waals surface area contributed by atoms with Gasteiger partial charge in [-0.1, -0.05) is 22.9 Å². The molecule has 0 aliphatic carbocycles. The van der Waals surface area contributed by atoms with E-state index in [-0.39, 0.29) is 11.4 Å². The summed E-state index contributed by atoms with van der Waals surface area (Å²) in [7, 11) is -4.10. The second-order valence-electron chi connectivity index (χ2n) is 6.58. The van der Waals surface area contributed by atoms with E-state index >= 15 is 0 Å². The largest absolute Gasteiger partial charge is 0.444 e. The summed E-state index contributed by atoms with van der Waals surface area (Å²) in [6.45, 7) is 6.69. The van der Waals surface area contributed by atoms with Crippen molar-refractivity contribution >= 4 is 22.1 Å². The van der Waals surface area contributed by atoms with Crippen molar-refractivity contribution in [2.24, 2.45) is 0 Å². The molecule has 0 spiro atoms. The van der Waals surface area contributed by atoms with E-state index in [0.717, 1.165) is 10.7 Å². The van der Waals surface area contributed by atoms with E-state index in [1.54, 1.807) is 32.9 Å². The lowest BCUT2D eigenvalue weighted by Gasteiger charge is -2.20. The number of ether oxygens (including phenoxy) is 1. The fraction of sp³-hybridized carbons (Fsp3) is 0.467. The smallest absolute Gasteiger partial charge is 0.408 e. The number of nitrogens with zero attached hydrogens (tertiary/aromatic N) is 1. The van der Waals surface area contributed by atoms with Gasteiger partial charge < -0.3 is 10.1 Å². The van der Waals surface area contributed by atoms with E-state index < -0.39 is 33.8 Å². The predicted octanol–water partition coefficient (Wildman–Crippen LogP) is 0.855. The highest BCUT2D eigenvalue weighted by molar-refractivity contribution is 7.86. The molecule has 0 bridgehead atoms. The number of hydrazine groups is 1. The molecule has 1 aromatic carbocycles. The van der Waals surface area contributed by atoms with Gasteiger partial charge in [0.15, 0.2) is 0 Å². The Kier molecular flexibility index (Phi) is 5.35. The van der Waals surface area contributed by atoms with Gasteiger partial charge in [-0.3, -0.25) is 10.2 Å². The number of aryl methyl sites for hydroxylation is 1. The van der Waals surface area contributed by atoms with Gasteiger partial charge in [-0.05, 0) is 39.8 Å². The van der Waals surface area contributed by atoms with Crippen molar-refractivity contribution in [1.29, 1.82) is 0 Å². The molecule has 138 valence electrons. The van der Waals surface area contributed by atoms with E-state index in [2.05, 4.69) is 10.7 Å². The Hall–Kier alpha value is -2.17. The highest BCUT2D eigenvalue weighted by Crippen LogP contribution is 2.16. The van der Waals surface area contributed by atoms with E-state index in [1.807, 2.05) is 6.92 Å². The zero-order chi connectivity index (χ0) is 18.8. The molecule has 9 nitrogen and oxygen atoms in total. The molecule has 0 aromatic heterocycles. The average Bonchev–Trinajstić information content (AvgIpc) is 2.76. The minimum absolute atomic E-state index is 0.0455. The third kappa shape index (κ3) is 5.41. The Morgan fingerprint density at radius 3 is 2.44 bits per heavy atom. The van der Waals surface area contributed by atoms with Crippen LogP contribution in [0.15, 0.2) is 29.2 Å². The minimum Gasteiger partial charge on any atom is -0.444 e. The van der Waals surface area contributed by atoms with Crippen LogP contribution in [0.4, 0.5) is 4.79 Å². The zero-order valence-corrected chi connectivity index (χ0v) is 15.2. The summed E-state index contributed by atoms with van der Waals surface area (Å²) in [5.74, 6) is -0.607. The Bertz CT molecular complexity index is 754. The molecule has 1 aliphatic rings. The number of benzene rings is 1. The molecule has 1 fully saturated rings. The third-order valence-electron chi connectivity index (χ3n) is 3.09. The topological polar surface area (TPSA) is 114 Å². The van der Waals surface area contributed by atoms with Crippen LogP contribution in [0.1, 0.15) is 26.3 Å². The maximum absolute atomic E-state index is 12.2. The first-order chi connectivity index (χ1) is 11.5. The maximum Gasteiger partial charge on any atom is 0.408 e. The minimum atomic E-state index is -4.10. The number of rotatable bonds is 4. The fourth-order valence-electron chi connectivity index (χ4n) is 1.97. The normalized spacial score (nSPS) is 18.7.